The van der Waals surface area contributed by atoms with Crippen molar-refractivity contribution in [2.45, 2.75) is 33.7 Å². The molecule has 1 atom stereocenters. The highest BCUT2D eigenvalue weighted by Gasteiger charge is 2.25. The zero-order valence-electron chi connectivity index (χ0n) is 17.4. The van der Waals surface area contributed by atoms with Crippen molar-refractivity contribution < 1.29 is 9.59 Å². The van der Waals surface area contributed by atoms with Crippen LogP contribution in [0.2, 0.25) is 0 Å². The minimum atomic E-state index is -0.722. The summed E-state index contributed by atoms with van der Waals surface area (Å²) in [7, 11) is 0. The van der Waals surface area contributed by atoms with Gasteiger partial charge in [0.15, 0.2) is 0 Å². The molecule has 0 fully saturated rings. The van der Waals surface area contributed by atoms with Crippen molar-refractivity contribution in [2.75, 3.05) is 10.6 Å². The second kappa shape index (κ2) is 9.49. The molecule has 0 bridgehead atoms. The van der Waals surface area contributed by atoms with E-state index in [0.29, 0.717) is 10.8 Å². The Morgan fingerprint density at radius 2 is 1.73 bits per heavy atom. The highest BCUT2D eigenvalue weighted by atomic mass is 32.1. The lowest BCUT2D eigenvalue weighted by atomic mass is 10.0. The number of hydrogen-bond donors (Lipinski definition) is 3. The summed E-state index contributed by atoms with van der Waals surface area (Å²) in [5, 5.41) is 17.7. The first-order valence-corrected chi connectivity index (χ1v) is 10.5. The van der Waals surface area contributed by atoms with Gasteiger partial charge in [0.05, 0.1) is 0 Å². The van der Waals surface area contributed by atoms with E-state index in [0.717, 1.165) is 21.7 Å². The predicted molar refractivity (Wildman–Crippen MR) is 121 cm³/mol. The molecule has 3 aromatic rings. The van der Waals surface area contributed by atoms with Gasteiger partial charge < -0.3 is 10.6 Å². The summed E-state index contributed by atoms with van der Waals surface area (Å²) in [4.78, 5) is 25.2. The molecule has 3 rings (SSSR count). The Labute approximate surface area is 179 Å². The molecule has 7 nitrogen and oxygen atoms in total. The number of para-hydroxylation sites is 1. The SMILES string of the molecule is Cc1cccc(-c2nnc(NC(=O)C(NC(=O)Nc3ccccc3C)C(C)C)s2)c1. The molecular formula is C22H25N5O2S. The third-order valence-electron chi connectivity index (χ3n) is 4.55. The number of aromatic nitrogens is 2. The van der Waals surface area contributed by atoms with Gasteiger partial charge in [-0.15, -0.1) is 10.2 Å². The van der Waals surface area contributed by atoms with E-state index >= 15 is 0 Å². The third-order valence-corrected chi connectivity index (χ3v) is 5.44. The summed E-state index contributed by atoms with van der Waals surface area (Å²) in [6.07, 6.45) is 0. The second-order valence-electron chi connectivity index (χ2n) is 7.41. The molecule has 2 aromatic carbocycles. The molecule has 3 N–H and O–H groups in total. The molecule has 3 amide bonds. The van der Waals surface area contributed by atoms with E-state index in [2.05, 4.69) is 26.1 Å². The van der Waals surface area contributed by atoms with Crippen LogP contribution < -0.4 is 16.0 Å². The molecule has 30 heavy (non-hydrogen) atoms. The highest BCUT2D eigenvalue weighted by molar-refractivity contribution is 7.18. The van der Waals surface area contributed by atoms with Gasteiger partial charge >= 0.3 is 6.03 Å². The largest absolute Gasteiger partial charge is 0.326 e. The van der Waals surface area contributed by atoms with Crippen molar-refractivity contribution >= 4 is 34.1 Å². The number of carbonyl (C=O) groups is 2. The maximum absolute atomic E-state index is 12.8. The normalized spacial score (nSPS) is 11.8. The first-order valence-electron chi connectivity index (χ1n) is 9.68. The fourth-order valence-corrected chi connectivity index (χ4v) is 3.64. The Bertz CT molecular complexity index is 1050. The molecule has 1 aromatic heterocycles. The molecular weight excluding hydrogens is 398 g/mol. The highest BCUT2D eigenvalue weighted by Crippen LogP contribution is 2.27. The van der Waals surface area contributed by atoms with Gasteiger partial charge in [0, 0.05) is 11.3 Å². The Balaban J connectivity index is 1.66. The molecule has 0 aliphatic carbocycles. The van der Waals surface area contributed by atoms with Crippen LogP contribution in [0.1, 0.15) is 25.0 Å². The van der Waals surface area contributed by atoms with Crippen molar-refractivity contribution in [1.82, 2.24) is 15.5 Å². The Kier molecular flexibility index (Phi) is 6.79. The number of amides is 3. The molecule has 0 radical (unpaired) electrons. The maximum Gasteiger partial charge on any atom is 0.319 e. The van der Waals surface area contributed by atoms with Crippen LogP contribution in [-0.2, 0) is 4.79 Å². The van der Waals surface area contributed by atoms with Gasteiger partial charge in [0.25, 0.3) is 0 Å². The lowest BCUT2D eigenvalue weighted by Crippen LogP contribution is -2.48. The topological polar surface area (TPSA) is 96.0 Å². The first-order chi connectivity index (χ1) is 14.3. The van der Waals surface area contributed by atoms with Gasteiger partial charge in [-0.05, 0) is 37.5 Å². The number of nitrogens with zero attached hydrogens (tertiary/aromatic N) is 2. The Morgan fingerprint density at radius 3 is 2.43 bits per heavy atom. The van der Waals surface area contributed by atoms with Gasteiger partial charge in [0.2, 0.25) is 11.0 Å². The van der Waals surface area contributed by atoms with Gasteiger partial charge in [-0.3, -0.25) is 10.1 Å². The molecule has 1 unspecified atom stereocenters. The summed E-state index contributed by atoms with van der Waals surface area (Å²) >= 11 is 1.29. The smallest absolute Gasteiger partial charge is 0.319 e. The summed E-state index contributed by atoms with van der Waals surface area (Å²) in [6, 6.07) is 14.2. The standard InChI is InChI=1S/C22H25N5O2S/c1-13(2)18(24-21(29)23-17-11-6-5-9-15(17)4)19(28)25-22-27-26-20(30-22)16-10-7-8-14(3)12-16/h5-13,18H,1-4H3,(H2,23,24,29)(H,25,27,28). The fourth-order valence-electron chi connectivity index (χ4n) is 2.90. The number of carbonyl (C=O) groups excluding carboxylic acids is 2. The van der Waals surface area contributed by atoms with Crippen LogP contribution in [0.3, 0.4) is 0 Å². The van der Waals surface area contributed by atoms with Gasteiger partial charge in [-0.25, -0.2) is 4.79 Å². The second-order valence-corrected chi connectivity index (χ2v) is 8.38. The van der Waals surface area contributed by atoms with Gasteiger partial charge in [0.1, 0.15) is 11.0 Å². The molecule has 1 heterocycles. The number of urea groups is 1. The van der Waals surface area contributed by atoms with E-state index in [4.69, 9.17) is 0 Å². The van der Waals surface area contributed by atoms with Crippen molar-refractivity contribution in [1.29, 1.82) is 0 Å². The first kappa shape index (κ1) is 21.4. The third kappa shape index (κ3) is 5.42. The van der Waals surface area contributed by atoms with E-state index in [1.54, 1.807) is 0 Å². The number of rotatable bonds is 6. The van der Waals surface area contributed by atoms with E-state index in [-0.39, 0.29) is 11.8 Å². The molecule has 8 heteroatoms. The minimum absolute atomic E-state index is 0.114. The zero-order chi connectivity index (χ0) is 21.7. The fraction of sp³-hybridized carbons (Fsp3) is 0.273. The average Bonchev–Trinajstić information content (AvgIpc) is 3.16. The predicted octanol–water partition coefficient (Wildman–Crippen LogP) is 4.61. The lowest BCUT2D eigenvalue weighted by Gasteiger charge is -2.21. The molecule has 156 valence electrons. The number of nitrogens with one attached hydrogen (secondary N) is 3. The quantitative estimate of drug-likeness (QED) is 0.540. The lowest BCUT2D eigenvalue weighted by molar-refractivity contribution is -0.118. The van der Waals surface area contributed by atoms with Gasteiger partial charge in [-0.1, -0.05) is 67.1 Å². The van der Waals surface area contributed by atoms with Crippen LogP contribution in [0.15, 0.2) is 48.5 Å². The van der Waals surface area contributed by atoms with Crippen LogP contribution >= 0.6 is 11.3 Å². The zero-order valence-corrected chi connectivity index (χ0v) is 18.2. The van der Waals surface area contributed by atoms with Gasteiger partial charge in [-0.2, -0.15) is 0 Å². The van der Waals surface area contributed by atoms with Crippen LogP contribution in [-0.4, -0.2) is 28.2 Å². The minimum Gasteiger partial charge on any atom is -0.326 e. The Morgan fingerprint density at radius 1 is 0.967 bits per heavy atom. The van der Waals surface area contributed by atoms with Crippen LogP contribution in [0.25, 0.3) is 10.6 Å². The molecule has 0 spiro atoms. The van der Waals surface area contributed by atoms with Crippen molar-refractivity contribution in [3.8, 4) is 10.6 Å². The Hall–Kier alpha value is -3.26. The van der Waals surface area contributed by atoms with Crippen molar-refractivity contribution in [3.05, 3.63) is 59.7 Å². The number of benzene rings is 2. The monoisotopic (exact) mass is 423 g/mol. The van der Waals surface area contributed by atoms with E-state index in [1.807, 2.05) is 76.2 Å². The summed E-state index contributed by atoms with van der Waals surface area (Å²) in [5.74, 6) is -0.450. The summed E-state index contributed by atoms with van der Waals surface area (Å²) in [6.45, 7) is 7.66. The molecule has 0 saturated heterocycles. The van der Waals surface area contributed by atoms with Crippen LogP contribution in [0.5, 0.6) is 0 Å². The van der Waals surface area contributed by atoms with Crippen LogP contribution in [0, 0.1) is 19.8 Å². The van der Waals surface area contributed by atoms with E-state index < -0.39 is 12.1 Å². The average molecular weight is 424 g/mol. The number of anilines is 2. The van der Waals surface area contributed by atoms with E-state index in [9.17, 15) is 9.59 Å². The maximum atomic E-state index is 12.8. The molecule has 0 aliphatic rings. The summed E-state index contributed by atoms with van der Waals surface area (Å²) < 4.78 is 0. The van der Waals surface area contributed by atoms with Crippen LogP contribution in [0.4, 0.5) is 15.6 Å². The molecule has 0 aliphatic heterocycles. The van der Waals surface area contributed by atoms with E-state index in [1.165, 1.54) is 11.3 Å². The summed E-state index contributed by atoms with van der Waals surface area (Å²) in [5.41, 5.74) is 3.71. The molecule has 0 saturated carbocycles. The van der Waals surface area contributed by atoms with Crippen molar-refractivity contribution in [2.24, 2.45) is 5.92 Å². The number of hydrogen-bond acceptors (Lipinski definition) is 5. The number of aryl methyl sites for hydroxylation is 2. The van der Waals surface area contributed by atoms with Crippen molar-refractivity contribution in [3.63, 3.8) is 0 Å².